The molecule has 0 aliphatic carbocycles. The highest BCUT2D eigenvalue weighted by molar-refractivity contribution is 5.97. The molecule has 0 aliphatic rings. The molecular formula is C24H31N7O9. The van der Waals surface area contributed by atoms with Gasteiger partial charge in [0.2, 0.25) is 29.5 Å². The van der Waals surface area contributed by atoms with Crippen molar-refractivity contribution >= 4 is 52.4 Å². The first-order valence-electron chi connectivity index (χ1n) is 12.0. The van der Waals surface area contributed by atoms with Crippen LogP contribution >= 0.6 is 0 Å². The van der Waals surface area contributed by atoms with Gasteiger partial charge >= 0.3 is 11.9 Å². The van der Waals surface area contributed by atoms with E-state index in [0.717, 1.165) is 16.5 Å². The molecule has 4 atom stereocenters. The van der Waals surface area contributed by atoms with Crippen LogP contribution in [-0.2, 0) is 40.0 Å². The number of H-pyrrole nitrogens is 1. The summed E-state index contributed by atoms with van der Waals surface area (Å²) in [6, 6.07) is 1.06. The standard InChI is InChI=1S/C24H31N7O9/c25-13(7-11-10-28-14-4-2-1-3-12(11)14)21(36)30-16(8-19(27)33)22(37)31-17(9-20(34)35)23(38)29-15(24(39)40)5-6-18(26)32/h1-4,10,13,15-17,28H,5-9,25H2,(H2,26,32)(H2,27,33)(H,29,38)(H,30,36)(H,31,37)(H,34,35)(H,39,40). The second-order valence-electron chi connectivity index (χ2n) is 8.97. The fourth-order valence-corrected chi connectivity index (χ4v) is 3.79. The van der Waals surface area contributed by atoms with Crippen molar-refractivity contribution in [2.75, 3.05) is 0 Å². The van der Waals surface area contributed by atoms with E-state index in [9.17, 15) is 43.8 Å². The molecular weight excluding hydrogens is 530 g/mol. The second-order valence-corrected chi connectivity index (χ2v) is 8.97. The minimum atomic E-state index is -1.81. The number of carboxylic acids is 2. The van der Waals surface area contributed by atoms with Crippen molar-refractivity contribution in [2.45, 2.75) is 56.3 Å². The first kappa shape index (κ1) is 31.2. The third kappa shape index (κ3) is 9.39. The van der Waals surface area contributed by atoms with Crippen molar-refractivity contribution in [3.63, 3.8) is 0 Å². The van der Waals surface area contributed by atoms with E-state index in [2.05, 4.69) is 15.6 Å². The number of para-hydroxylation sites is 1. The molecule has 40 heavy (non-hydrogen) atoms. The van der Waals surface area contributed by atoms with Gasteiger partial charge in [-0.3, -0.25) is 28.8 Å². The number of carboxylic acid groups (broad SMARTS) is 2. The molecule has 1 heterocycles. The Hall–Kier alpha value is -4.99. The first-order valence-corrected chi connectivity index (χ1v) is 12.0. The fraction of sp³-hybridized carbons (Fsp3) is 0.375. The highest BCUT2D eigenvalue weighted by atomic mass is 16.4. The van der Waals surface area contributed by atoms with Gasteiger partial charge < -0.3 is 48.3 Å². The summed E-state index contributed by atoms with van der Waals surface area (Å²) in [4.78, 5) is 86.7. The molecule has 12 N–H and O–H groups in total. The van der Waals surface area contributed by atoms with Crippen LogP contribution in [0.15, 0.2) is 30.5 Å². The van der Waals surface area contributed by atoms with Crippen LogP contribution in [0.1, 0.15) is 31.2 Å². The van der Waals surface area contributed by atoms with Gasteiger partial charge in [0.05, 0.1) is 18.9 Å². The summed E-state index contributed by atoms with van der Waals surface area (Å²) in [5, 5.41) is 25.7. The molecule has 0 saturated heterocycles. The number of benzene rings is 1. The minimum absolute atomic E-state index is 0.0622. The molecule has 0 radical (unpaired) electrons. The smallest absolute Gasteiger partial charge is 0.326 e. The quantitative estimate of drug-likeness (QED) is 0.101. The van der Waals surface area contributed by atoms with Gasteiger partial charge in [-0.2, -0.15) is 0 Å². The van der Waals surface area contributed by atoms with Crippen LogP contribution in [0.4, 0.5) is 0 Å². The molecule has 5 amide bonds. The molecule has 0 fully saturated rings. The Labute approximate surface area is 227 Å². The zero-order chi connectivity index (χ0) is 30.0. The maximum atomic E-state index is 12.9. The Kier molecular flexibility index (Phi) is 11.1. The molecule has 216 valence electrons. The summed E-state index contributed by atoms with van der Waals surface area (Å²) >= 11 is 0. The summed E-state index contributed by atoms with van der Waals surface area (Å²) in [5.41, 5.74) is 17.8. The average molecular weight is 562 g/mol. The maximum Gasteiger partial charge on any atom is 0.326 e. The average Bonchev–Trinajstić information content (AvgIpc) is 3.27. The number of nitrogens with one attached hydrogen (secondary N) is 4. The van der Waals surface area contributed by atoms with E-state index < -0.39 is 91.3 Å². The fourth-order valence-electron chi connectivity index (χ4n) is 3.79. The Morgan fingerprint density at radius 1 is 0.800 bits per heavy atom. The lowest BCUT2D eigenvalue weighted by Crippen LogP contribution is -2.58. The number of aliphatic carboxylic acids is 2. The summed E-state index contributed by atoms with van der Waals surface area (Å²) in [7, 11) is 0. The number of aromatic nitrogens is 1. The topological polar surface area (TPSA) is 290 Å². The maximum absolute atomic E-state index is 12.9. The number of rotatable bonds is 16. The Balaban J connectivity index is 2.14. The number of hydrogen-bond donors (Lipinski definition) is 9. The van der Waals surface area contributed by atoms with E-state index >= 15 is 0 Å². The van der Waals surface area contributed by atoms with Crippen molar-refractivity contribution < 1.29 is 43.8 Å². The van der Waals surface area contributed by atoms with Crippen molar-refractivity contribution in [2.24, 2.45) is 17.2 Å². The molecule has 0 aliphatic heterocycles. The zero-order valence-electron chi connectivity index (χ0n) is 21.2. The highest BCUT2D eigenvalue weighted by Crippen LogP contribution is 2.18. The van der Waals surface area contributed by atoms with Crippen LogP contribution in [0.2, 0.25) is 0 Å². The van der Waals surface area contributed by atoms with Gasteiger partial charge in [-0.05, 0) is 24.5 Å². The van der Waals surface area contributed by atoms with Crippen LogP contribution in [0.5, 0.6) is 0 Å². The minimum Gasteiger partial charge on any atom is -0.481 e. The van der Waals surface area contributed by atoms with E-state index in [-0.39, 0.29) is 6.42 Å². The number of amides is 5. The van der Waals surface area contributed by atoms with Crippen molar-refractivity contribution in [1.29, 1.82) is 0 Å². The van der Waals surface area contributed by atoms with Crippen LogP contribution < -0.4 is 33.2 Å². The number of nitrogens with two attached hydrogens (primary N) is 3. The van der Waals surface area contributed by atoms with Gasteiger partial charge in [0.25, 0.3) is 0 Å². The predicted octanol–water partition coefficient (Wildman–Crippen LogP) is -2.81. The predicted molar refractivity (Wildman–Crippen MR) is 138 cm³/mol. The Bertz CT molecular complexity index is 1290. The SMILES string of the molecule is NC(=O)CCC(NC(=O)C(CC(=O)O)NC(=O)C(CC(N)=O)NC(=O)C(N)Cc1c[nH]c2ccccc12)C(=O)O. The van der Waals surface area contributed by atoms with E-state index in [4.69, 9.17) is 17.2 Å². The van der Waals surface area contributed by atoms with Crippen LogP contribution in [0, 0.1) is 0 Å². The van der Waals surface area contributed by atoms with Crippen LogP contribution in [0.25, 0.3) is 10.9 Å². The van der Waals surface area contributed by atoms with E-state index in [1.54, 1.807) is 12.3 Å². The van der Waals surface area contributed by atoms with Gasteiger partial charge in [-0.25, -0.2) is 4.79 Å². The van der Waals surface area contributed by atoms with Crippen molar-refractivity contribution in [3.05, 3.63) is 36.0 Å². The van der Waals surface area contributed by atoms with Gasteiger partial charge in [0, 0.05) is 23.5 Å². The van der Waals surface area contributed by atoms with Crippen LogP contribution in [0.3, 0.4) is 0 Å². The molecule has 4 unspecified atom stereocenters. The van der Waals surface area contributed by atoms with E-state index in [1.165, 1.54) is 0 Å². The molecule has 2 aromatic rings. The van der Waals surface area contributed by atoms with Gasteiger partial charge in [0.15, 0.2) is 0 Å². The van der Waals surface area contributed by atoms with E-state index in [1.807, 2.05) is 23.5 Å². The molecule has 16 heteroatoms. The monoisotopic (exact) mass is 561 g/mol. The van der Waals surface area contributed by atoms with Crippen molar-refractivity contribution in [3.8, 4) is 0 Å². The molecule has 1 aromatic carbocycles. The van der Waals surface area contributed by atoms with Crippen LogP contribution in [-0.4, -0.2) is 80.8 Å². The summed E-state index contributed by atoms with van der Waals surface area (Å²) in [6.07, 6.45) is -0.731. The molecule has 2 rings (SSSR count). The lowest BCUT2D eigenvalue weighted by Gasteiger charge is -2.24. The largest absolute Gasteiger partial charge is 0.481 e. The molecule has 16 nitrogen and oxygen atoms in total. The van der Waals surface area contributed by atoms with Gasteiger partial charge in [-0.1, -0.05) is 18.2 Å². The Morgan fingerprint density at radius 3 is 1.95 bits per heavy atom. The third-order valence-corrected chi connectivity index (χ3v) is 5.80. The summed E-state index contributed by atoms with van der Waals surface area (Å²) in [5.74, 6) is -8.06. The first-order chi connectivity index (χ1) is 18.8. The third-order valence-electron chi connectivity index (χ3n) is 5.80. The highest BCUT2D eigenvalue weighted by Gasteiger charge is 2.32. The number of hydrogen-bond acceptors (Lipinski definition) is 8. The lowest BCUT2D eigenvalue weighted by atomic mass is 10.0. The normalized spacial score (nSPS) is 13.8. The zero-order valence-corrected chi connectivity index (χ0v) is 21.2. The lowest BCUT2D eigenvalue weighted by molar-refractivity contribution is -0.144. The summed E-state index contributed by atoms with van der Waals surface area (Å²) < 4.78 is 0. The number of carbonyl (C=O) groups excluding carboxylic acids is 5. The number of aromatic amines is 1. The number of fused-ring (bicyclic) bond motifs is 1. The van der Waals surface area contributed by atoms with Gasteiger partial charge in [0.1, 0.15) is 18.1 Å². The Morgan fingerprint density at radius 2 is 1.38 bits per heavy atom. The molecule has 0 bridgehead atoms. The molecule has 0 spiro atoms. The molecule has 0 saturated carbocycles. The number of primary amides is 2. The molecule has 1 aromatic heterocycles. The van der Waals surface area contributed by atoms with Crippen molar-refractivity contribution in [1.82, 2.24) is 20.9 Å². The number of carbonyl (C=O) groups is 7. The second kappa shape index (κ2) is 14.2. The van der Waals surface area contributed by atoms with E-state index in [0.29, 0.717) is 0 Å². The van der Waals surface area contributed by atoms with Gasteiger partial charge in [-0.15, -0.1) is 0 Å². The summed E-state index contributed by atoms with van der Waals surface area (Å²) in [6.45, 7) is 0.